The van der Waals surface area contributed by atoms with Gasteiger partial charge in [0.15, 0.2) is 5.69 Å². The van der Waals surface area contributed by atoms with Crippen molar-refractivity contribution in [2.45, 2.75) is 50.8 Å². The number of aromatic carboxylic acids is 1. The third-order valence-electron chi connectivity index (χ3n) is 3.87. The van der Waals surface area contributed by atoms with E-state index in [2.05, 4.69) is 10.4 Å². The Morgan fingerprint density at radius 2 is 2.15 bits per heavy atom. The Morgan fingerprint density at radius 1 is 1.35 bits per heavy atom. The number of ether oxygens (including phenoxy) is 1. The molecule has 1 unspecified atom stereocenters. The molecule has 1 atom stereocenters. The molecule has 0 saturated heterocycles. The molecule has 7 nitrogen and oxygen atoms in total. The Morgan fingerprint density at radius 3 is 2.80 bits per heavy atom. The smallest absolute Gasteiger partial charge is 0.407 e. The van der Waals surface area contributed by atoms with Crippen molar-refractivity contribution in [1.82, 2.24) is 15.1 Å². The molecule has 7 heteroatoms. The van der Waals surface area contributed by atoms with Crippen LogP contribution in [0.1, 0.15) is 54.3 Å². The number of fused-ring (bicyclic) bond motifs is 1. The van der Waals surface area contributed by atoms with Crippen LogP contribution in [-0.4, -0.2) is 33.1 Å². The van der Waals surface area contributed by atoms with E-state index in [1.54, 1.807) is 4.68 Å². The fraction of sp³-hybridized carbons (Fsp3) is 0.615. The first-order valence-corrected chi connectivity index (χ1v) is 6.91. The summed E-state index contributed by atoms with van der Waals surface area (Å²) in [6, 6.07) is 1.30. The molecule has 3 rings (SSSR count). The van der Waals surface area contributed by atoms with Crippen LogP contribution in [0.2, 0.25) is 0 Å². The minimum atomic E-state index is -1.05. The van der Waals surface area contributed by atoms with Gasteiger partial charge in [-0.3, -0.25) is 4.68 Å². The van der Waals surface area contributed by atoms with E-state index in [4.69, 9.17) is 9.84 Å². The summed E-state index contributed by atoms with van der Waals surface area (Å²) in [5.74, 6) is -1.05. The molecule has 1 aromatic heterocycles. The number of amides is 1. The van der Waals surface area contributed by atoms with E-state index < -0.39 is 12.1 Å². The summed E-state index contributed by atoms with van der Waals surface area (Å²) in [7, 11) is 0. The Labute approximate surface area is 115 Å². The maximum Gasteiger partial charge on any atom is 0.407 e. The largest absolute Gasteiger partial charge is 0.476 e. The fourth-order valence-electron chi connectivity index (χ4n) is 2.55. The number of alkyl carbamates (subject to hydrolysis) is 1. The maximum atomic E-state index is 11.8. The predicted octanol–water partition coefficient (Wildman–Crippen LogP) is 1.69. The first kappa shape index (κ1) is 13.0. The first-order chi connectivity index (χ1) is 9.63. The minimum absolute atomic E-state index is 0.0149. The van der Waals surface area contributed by atoms with E-state index in [-0.39, 0.29) is 17.8 Å². The normalized spacial score (nSPS) is 21.7. The molecule has 1 amide bonds. The van der Waals surface area contributed by atoms with Gasteiger partial charge in [-0.1, -0.05) is 0 Å². The van der Waals surface area contributed by atoms with Gasteiger partial charge in [-0.2, -0.15) is 5.10 Å². The highest BCUT2D eigenvalue weighted by molar-refractivity contribution is 5.85. The molecule has 1 fully saturated rings. The average Bonchev–Trinajstić information content (AvgIpc) is 2.79. The summed E-state index contributed by atoms with van der Waals surface area (Å²) in [5.41, 5.74) is 0.750. The molecule has 0 spiro atoms. The van der Waals surface area contributed by atoms with Crippen molar-refractivity contribution in [2.75, 3.05) is 0 Å². The van der Waals surface area contributed by atoms with Crippen LogP contribution in [-0.2, 0) is 11.3 Å². The van der Waals surface area contributed by atoms with Gasteiger partial charge in [0.2, 0.25) is 0 Å². The number of carboxylic acid groups (broad SMARTS) is 1. The lowest BCUT2D eigenvalue weighted by atomic mass is 9.96. The summed E-state index contributed by atoms with van der Waals surface area (Å²) in [4.78, 5) is 22.7. The molecule has 0 radical (unpaired) electrons. The van der Waals surface area contributed by atoms with Crippen molar-refractivity contribution >= 4 is 12.1 Å². The quantitative estimate of drug-likeness (QED) is 0.878. The zero-order chi connectivity index (χ0) is 14.1. The molecule has 1 aliphatic carbocycles. The third kappa shape index (κ3) is 2.48. The standard InChI is InChI=1S/C13H17N3O4/c17-12(18)10-7-11-9(5-2-6-16(11)15-10)14-13(19)20-8-3-1-4-8/h7-9H,1-6H2,(H,14,19)(H,17,18). The Kier molecular flexibility index (Phi) is 3.33. The molecule has 1 aliphatic heterocycles. The number of aryl methyl sites for hydroxylation is 1. The Bertz CT molecular complexity index is 536. The number of rotatable bonds is 3. The van der Waals surface area contributed by atoms with E-state index in [0.29, 0.717) is 6.54 Å². The molecular weight excluding hydrogens is 262 g/mol. The van der Waals surface area contributed by atoms with Gasteiger partial charge >= 0.3 is 12.1 Å². The van der Waals surface area contributed by atoms with E-state index in [1.165, 1.54) is 6.07 Å². The van der Waals surface area contributed by atoms with Crippen molar-refractivity contribution < 1.29 is 19.4 Å². The first-order valence-electron chi connectivity index (χ1n) is 6.91. The van der Waals surface area contributed by atoms with Gasteiger partial charge in [0.1, 0.15) is 6.10 Å². The number of carboxylic acids is 1. The number of nitrogens with one attached hydrogen (secondary N) is 1. The highest BCUT2D eigenvalue weighted by Crippen LogP contribution is 2.27. The van der Waals surface area contributed by atoms with Gasteiger partial charge in [-0.25, -0.2) is 9.59 Å². The molecule has 0 bridgehead atoms. The maximum absolute atomic E-state index is 11.8. The Balaban J connectivity index is 1.68. The second kappa shape index (κ2) is 5.15. The lowest BCUT2D eigenvalue weighted by Gasteiger charge is -2.28. The van der Waals surface area contributed by atoms with E-state index in [9.17, 15) is 9.59 Å². The van der Waals surface area contributed by atoms with Crippen LogP contribution < -0.4 is 5.32 Å². The van der Waals surface area contributed by atoms with Crippen LogP contribution in [0.5, 0.6) is 0 Å². The molecule has 0 aromatic carbocycles. The summed E-state index contributed by atoms with van der Waals surface area (Å²) in [6.45, 7) is 0.679. The van der Waals surface area contributed by atoms with Gasteiger partial charge in [-0.05, 0) is 38.2 Å². The number of carbonyl (C=O) groups excluding carboxylic acids is 1. The van der Waals surface area contributed by atoms with Gasteiger partial charge in [0, 0.05) is 6.54 Å². The van der Waals surface area contributed by atoms with Crippen LogP contribution in [0, 0.1) is 0 Å². The average molecular weight is 279 g/mol. The van der Waals surface area contributed by atoms with Crippen molar-refractivity contribution in [1.29, 1.82) is 0 Å². The van der Waals surface area contributed by atoms with E-state index >= 15 is 0 Å². The number of hydrogen-bond acceptors (Lipinski definition) is 4. The van der Waals surface area contributed by atoms with Gasteiger partial charge < -0.3 is 15.2 Å². The lowest BCUT2D eigenvalue weighted by molar-refractivity contribution is 0.0494. The molecule has 1 aromatic rings. The zero-order valence-electron chi connectivity index (χ0n) is 11.0. The molecule has 20 heavy (non-hydrogen) atoms. The van der Waals surface area contributed by atoms with Crippen molar-refractivity contribution in [3.05, 3.63) is 17.5 Å². The minimum Gasteiger partial charge on any atom is -0.476 e. The second-order valence-corrected chi connectivity index (χ2v) is 5.28. The molecule has 1 saturated carbocycles. The zero-order valence-corrected chi connectivity index (χ0v) is 11.0. The summed E-state index contributed by atoms with van der Waals surface area (Å²) < 4.78 is 6.92. The predicted molar refractivity (Wildman–Crippen MR) is 68.4 cm³/mol. The molecule has 2 aliphatic rings. The molecule has 108 valence electrons. The van der Waals surface area contributed by atoms with Gasteiger partial charge in [0.25, 0.3) is 0 Å². The van der Waals surface area contributed by atoms with Crippen LogP contribution in [0.25, 0.3) is 0 Å². The van der Waals surface area contributed by atoms with E-state index in [1.807, 2.05) is 0 Å². The van der Waals surface area contributed by atoms with Crippen LogP contribution in [0.3, 0.4) is 0 Å². The highest BCUT2D eigenvalue weighted by atomic mass is 16.6. The van der Waals surface area contributed by atoms with E-state index in [0.717, 1.165) is 37.8 Å². The van der Waals surface area contributed by atoms with Crippen LogP contribution in [0.4, 0.5) is 4.79 Å². The fourth-order valence-corrected chi connectivity index (χ4v) is 2.55. The van der Waals surface area contributed by atoms with Gasteiger partial charge in [0.05, 0.1) is 11.7 Å². The highest BCUT2D eigenvalue weighted by Gasteiger charge is 2.28. The topological polar surface area (TPSA) is 93.5 Å². The van der Waals surface area contributed by atoms with Crippen molar-refractivity contribution in [3.63, 3.8) is 0 Å². The van der Waals surface area contributed by atoms with Crippen LogP contribution in [0.15, 0.2) is 6.07 Å². The summed E-state index contributed by atoms with van der Waals surface area (Å²) in [6.07, 6.45) is 4.20. The lowest BCUT2D eigenvalue weighted by Crippen LogP contribution is -2.36. The SMILES string of the molecule is O=C(NC1CCCn2nc(C(=O)O)cc21)OC1CCC1. The van der Waals surface area contributed by atoms with Crippen molar-refractivity contribution in [3.8, 4) is 0 Å². The summed E-state index contributed by atoms with van der Waals surface area (Å²) in [5, 5.41) is 15.8. The number of hydrogen-bond donors (Lipinski definition) is 2. The van der Waals surface area contributed by atoms with Crippen molar-refractivity contribution in [2.24, 2.45) is 0 Å². The number of carbonyl (C=O) groups is 2. The second-order valence-electron chi connectivity index (χ2n) is 5.28. The number of aromatic nitrogens is 2. The monoisotopic (exact) mass is 279 g/mol. The summed E-state index contributed by atoms with van der Waals surface area (Å²) >= 11 is 0. The molecule has 2 N–H and O–H groups in total. The molecular formula is C13H17N3O4. The third-order valence-corrected chi connectivity index (χ3v) is 3.87. The Hall–Kier alpha value is -2.05. The van der Waals surface area contributed by atoms with Crippen LogP contribution >= 0.6 is 0 Å². The number of nitrogens with zero attached hydrogens (tertiary/aromatic N) is 2. The van der Waals surface area contributed by atoms with Gasteiger partial charge in [-0.15, -0.1) is 0 Å². The molecule has 2 heterocycles.